The van der Waals surface area contributed by atoms with Gasteiger partial charge in [0.1, 0.15) is 18.2 Å². The molecule has 6 atom stereocenters. The van der Waals surface area contributed by atoms with Gasteiger partial charge in [-0.15, -0.1) is 0 Å². The average Bonchev–Trinajstić information content (AvgIpc) is 3.42. The maximum atomic E-state index is 16.2. The van der Waals surface area contributed by atoms with Crippen molar-refractivity contribution in [2.75, 3.05) is 38.1 Å². The predicted molar refractivity (Wildman–Crippen MR) is 163 cm³/mol. The molecule has 1 aliphatic rings. The Bertz CT molecular complexity index is 1410. The van der Waals surface area contributed by atoms with Gasteiger partial charge in [-0.2, -0.15) is 9.97 Å². The zero-order valence-electron chi connectivity index (χ0n) is 27.5. The standard InChI is InChI=1S/C27H45FN7O10P/c1-14(2)10-17(23(37)43-15(3)4)33-46(39,42-13-40-26(38)44-16(5)6)41-11-18-20(36)27(7,28)24(45-18)35-12-30-19-21(34(8)9)31-25(29)32-22(19)35/h12,14-18,20,24,36H,10-11,13H2,1-9H3,(H,33,39)(H2,29,31,32)/t17-,18+,20+,24+,27+,46?/m0/s1. The van der Waals surface area contributed by atoms with Crippen molar-refractivity contribution >= 4 is 42.8 Å². The summed E-state index contributed by atoms with van der Waals surface area (Å²) in [6.45, 7) is 9.72. The van der Waals surface area contributed by atoms with Crippen LogP contribution in [0, 0.1) is 5.92 Å². The highest BCUT2D eigenvalue weighted by molar-refractivity contribution is 7.51. The number of ether oxygens (including phenoxy) is 4. The Balaban J connectivity index is 1.86. The smallest absolute Gasteiger partial charge is 0.462 e. The fourth-order valence-electron chi connectivity index (χ4n) is 4.58. The van der Waals surface area contributed by atoms with Crippen molar-refractivity contribution in [1.82, 2.24) is 24.6 Å². The van der Waals surface area contributed by atoms with E-state index in [0.717, 1.165) is 6.92 Å². The number of nitrogens with one attached hydrogen (secondary N) is 1. The number of hydrogen-bond acceptors (Lipinski definition) is 15. The molecule has 0 amide bonds. The van der Waals surface area contributed by atoms with Gasteiger partial charge in [-0.3, -0.25) is 18.4 Å². The third kappa shape index (κ3) is 9.23. The van der Waals surface area contributed by atoms with E-state index >= 15 is 4.39 Å². The monoisotopic (exact) mass is 677 g/mol. The van der Waals surface area contributed by atoms with E-state index in [0.29, 0.717) is 11.3 Å². The molecule has 2 aromatic heterocycles. The Morgan fingerprint density at radius 2 is 1.83 bits per heavy atom. The summed E-state index contributed by atoms with van der Waals surface area (Å²) >= 11 is 0. The predicted octanol–water partition coefficient (Wildman–Crippen LogP) is 3.08. The number of alkyl halides is 1. The Morgan fingerprint density at radius 3 is 2.41 bits per heavy atom. The van der Waals surface area contributed by atoms with Gasteiger partial charge in [0, 0.05) is 14.1 Å². The molecular weight excluding hydrogens is 632 g/mol. The van der Waals surface area contributed by atoms with E-state index in [9.17, 15) is 19.3 Å². The van der Waals surface area contributed by atoms with E-state index in [4.69, 9.17) is 33.7 Å². The zero-order chi connectivity index (χ0) is 34.6. The van der Waals surface area contributed by atoms with Crippen LogP contribution in [0.4, 0.5) is 21.0 Å². The number of esters is 1. The molecule has 46 heavy (non-hydrogen) atoms. The van der Waals surface area contributed by atoms with E-state index in [1.165, 1.54) is 10.9 Å². The third-order valence-electron chi connectivity index (χ3n) is 6.61. The quantitative estimate of drug-likeness (QED) is 0.140. The number of rotatable bonds is 15. The highest BCUT2D eigenvalue weighted by Crippen LogP contribution is 2.48. The van der Waals surface area contributed by atoms with Crippen molar-refractivity contribution in [3.05, 3.63) is 6.33 Å². The number of fused-ring (bicyclic) bond motifs is 1. The van der Waals surface area contributed by atoms with Gasteiger partial charge in [0.05, 0.1) is 25.1 Å². The molecular formula is C27H45FN7O10P. The van der Waals surface area contributed by atoms with Crippen molar-refractivity contribution < 1.29 is 51.6 Å². The molecule has 0 radical (unpaired) electrons. The molecule has 4 N–H and O–H groups in total. The summed E-state index contributed by atoms with van der Waals surface area (Å²) in [5, 5.41) is 13.5. The Morgan fingerprint density at radius 1 is 1.17 bits per heavy atom. The third-order valence-corrected chi connectivity index (χ3v) is 8.17. The van der Waals surface area contributed by atoms with Crippen LogP contribution >= 0.6 is 7.75 Å². The second-order valence-electron chi connectivity index (χ2n) is 12.1. The van der Waals surface area contributed by atoms with E-state index in [1.807, 2.05) is 13.8 Å². The van der Waals surface area contributed by atoms with Gasteiger partial charge in [0.2, 0.25) is 12.7 Å². The molecule has 17 nitrogen and oxygen atoms in total. The van der Waals surface area contributed by atoms with Crippen LogP contribution in [0.3, 0.4) is 0 Å². The number of hydrogen-bond donors (Lipinski definition) is 3. The molecule has 3 rings (SSSR count). The van der Waals surface area contributed by atoms with Crippen LogP contribution in [0.2, 0.25) is 0 Å². The fourth-order valence-corrected chi connectivity index (χ4v) is 5.93. The molecule has 1 fully saturated rings. The van der Waals surface area contributed by atoms with Crippen molar-refractivity contribution in [3.8, 4) is 0 Å². The summed E-state index contributed by atoms with van der Waals surface area (Å²) in [5.74, 6) is -0.495. The van der Waals surface area contributed by atoms with Crippen LogP contribution in [0.1, 0.15) is 61.1 Å². The van der Waals surface area contributed by atoms with Gasteiger partial charge < -0.3 is 34.7 Å². The Kier molecular flexibility index (Phi) is 12.3. The largest absolute Gasteiger partial charge is 0.510 e. The summed E-state index contributed by atoms with van der Waals surface area (Å²) in [4.78, 5) is 39.1. The van der Waals surface area contributed by atoms with Crippen LogP contribution in [0.25, 0.3) is 11.2 Å². The normalized spacial score (nSPS) is 23.6. The van der Waals surface area contributed by atoms with Gasteiger partial charge in [-0.05, 0) is 47.0 Å². The lowest BCUT2D eigenvalue weighted by Gasteiger charge is -2.27. The number of nitrogens with two attached hydrogens (primary N) is 1. The maximum absolute atomic E-state index is 16.2. The van der Waals surface area contributed by atoms with Crippen LogP contribution in [0.15, 0.2) is 6.33 Å². The van der Waals surface area contributed by atoms with Crippen LogP contribution in [0.5, 0.6) is 0 Å². The van der Waals surface area contributed by atoms with Crippen molar-refractivity contribution in [2.45, 2.75) is 97.2 Å². The number of carbonyl (C=O) groups is 2. The maximum Gasteiger partial charge on any atom is 0.510 e. The second-order valence-corrected chi connectivity index (χ2v) is 13.9. The van der Waals surface area contributed by atoms with E-state index in [1.54, 1.807) is 46.7 Å². The highest BCUT2D eigenvalue weighted by Gasteiger charge is 2.56. The summed E-state index contributed by atoms with van der Waals surface area (Å²) in [7, 11) is -1.09. The minimum Gasteiger partial charge on any atom is -0.462 e. The minimum absolute atomic E-state index is 0.0632. The van der Waals surface area contributed by atoms with E-state index in [-0.39, 0.29) is 23.9 Å². The number of anilines is 2. The van der Waals surface area contributed by atoms with Crippen molar-refractivity contribution in [3.63, 3.8) is 0 Å². The molecule has 3 heterocycles. The number of imidazole rings is 1. The van der Waals surface area contributed by atoms with E-state index < -0.39 is 75.6 Å². The van der Waals surface area contributed by atoms with Gasteiger partial charge in [-0.25, -0.2) is 23.8 Å². The molecule has 0 aliphatic carbocycles. The molecule has 1 aliphatic heterocycles. The summed E-state index contributed by atoms with van der Waals surface area (Å²) in [5.41, 5.74) is 3.93. The number of carbonyl (C=O) groups excluding carboxylic acids is 2. The number of nitrogen functional groups attached to an aromatic ring is 1. The first-order chi connectivity index (χ1) is 21.3. The van der Waals surface area contributed by atoms with Crippen LogP contribution < -0.4 is 15.7 Å². The van der Waals surface area contributed by atoms with Crippen LogP contribution in [-0.2, 0) is 37.4 Å². The van der Waals surface area contributed by atoms with Gasteiger partial charge in [0.25, 0.3) is 0 Å². The number of halogens is 1. The van der Waals surface area contributed by atoms with Crippen molar-refractivity contribution in [1.29, 1.82) is 0 Å². The molecule has 0 saturated carbocycles. The lowest BCUT2D eigenvalue weighted by molar-refractivity contribution is -0.150. The molecule has 0 bridgehead atoms. The average molecular weight is 678 g/mol. The first kappa shape index (κ1) is 37.3. The van der Waals surface area contributed by atoms with Crippen molar-refractivity contribution in [2.24, 2.45) is 5.92 Å². The number of aliphatic hydroxyl groups excluding tert-OH is 1. The minimum atomic E-state index is -4.54. The molecule has 0 spiro atoms. The Hall–Kier alpha value is -3.15. The summed E-state index contributed by atoms with van der Waals surface area (Å²) < 4.78 is 63.2. The molecule has 2 aromatic rings. The topological polar surface area (TPSA) is 212 Å². The molecule has 1 unspecified atom stereocenters. The lowest BCUT2D eigenvalue weighted by Crippen LogP contribution is -2.42. The highest BCUT2D eigenvalue weighted by atomic mass is 31.2. The molecule has 1 saturated heterocycles. The first-order valence-corrected chi connectivity index (χ1v) is 16.3. The van der Waals surface area contributed by atoms with Gasteiger partial charge >= 0.3 is 19.9 Å². The zero-order valence-corrected chi connectivity index (χ0v) is 28.4. The summed E-state index contributed by atoms with van der Waals surface area (Å²) in [6, 6.07) is -1.17. The van der Waals surface area contributed by atoms with E-state index in [2.05, 4.69) is 20.0 Å². The number of aliphatic hydroxyl groups is 1. The molecule has 260 valence electrons. The molecule has 19 heteroatoms. The SMILES string of the molecule is CC(C)C[C@H](NP(=O)(OCOC(=O)OC(C)C)OC[C@H]1O[C@@H](n2cnc3c(N(C)C)nc(N)nc32)[C@](C)(F)[C@@H]1O)C(=O)OC(C)C. The lowest BCUT2D eigenvalue weighted by atomic mass is 9.98. The number of nitrogens with zero attached hydrogens (tertiary/aromatic N) is 5. The second kappa shape index (κ2) is 15.2. The van der Waals surface area contributed by atoms with Gasteiger partial charge in [-0.1, -0.05) is 13.8 Å². The number of aromatic nitrogens is 4. The van der Waals surface area contributed by atoms with Gasteiger partial charge in [0.15, 0.2) is 28.9 Å². The summed E-state index contributed by atoms with van der Waals surface area (Å²) in [6.07, 6.45) is -5.30. The fraction of sp³-hybridized carbons (Fsp3) is 0.741. The van der Waals surface area contributed by atoms with Crippen LogP contribution in [-0.4, -0.2) is 100 Å². The Labute approximate surface area is 266 Å². The first-order valence-electron chi connectivity index (χ1n) is 14.7. The molecule has 0 aromatic carbocycles.